The molecule has 19 heavy (non-hydrogen) atoms. The Kier molecular flexibility index (Phi) is 3.86. The van der Waals surface area contributed by atoms with Gasteiger partial charge in [-0.3, -0.25) is 4.79 Å². The average molecular weight is 285 g/mol. The molecular formula is C15H18ClFO2. The van der Waals surface area contributed by atoms with E-state index in [-0.39, 0.29) is 17.2 Å². The first-order valence-electron chi connectivity index (χ1n) is 6.48. The molecule has 2 nitrogen and oxygen atoms in total. The quantitative estimate of drug-likeness (QED) is 0.870. The third kappa shape index (κ3) is 3.08. The number of halogens is 2. The van der Waals surface area contributed by atoms with Crippen molar-refractivity contribution in [1.29, 1.82) is 0 Å². The van der Waals surface area contributed by atoms with Gasteiger partial charge in [-0.1, -0.05) is 25.4 Å². The number of hydrogen-bond acceptors (Lipinski definition) is 1. The van der Waals surface area contributed by atoms with Crippen molar-refractivity contribution in [2.75, 3.05) is 0 Å². The van der Waals surface area contributed by atoms with Crippen molar-refractivity contribution >= 4 is 17.6 Å². The van der Waals surface area contributed by atoms with E-state index >= 15 is 0 Å². The van der Waals surface area contributed by atoms with Crippen molar-refractivity contribution in [3.8, 4) is 0 Å². The molecule has 0 heterocycles. The van der Waals surface area contributed by atoms with Gasteiger partial charge in [0.2, 0.25) is 0 Å². The van der Waals surface area contributed by atoms with E-state index in [0.29, 0.717) is 23.4 Å². The molecule has 1 aliphatic carbocycles. The molecule has 1 saturated carbocycles. The fraction of sp³-hybridized carbons (Fsp3) is 0.533. The lowest BCUT2D eigenvalue weighted by Crippen LogP contribution is -2.33. The Morgan fingerprint density at radius 2 is 2.16 bits per heavy atom. The van der Waals surface area contributed by atoms with Crippen LogP contribution in [-0.4, -0.2) is 11.1 Å². The Morgan fingerprint density at radius 1 is 1.47 bits per heavy atom. The lowest BCUT2D eigenvalue weighted by Gasteiger charge is -2.39. The largest absolute Gasteiger partial charge is 0.481 e. The monoisotopic (exact) mass is 284 g/mol. The molecule has 2 unspecified atom stereocenters. The van der Waals surface area contributed by atoms with E-state index in [1.54, 1.807) is 0 Å². The molecule has 1 fully saturated rings. The van der Waals surface area contributed by atoms with E-state index in [2.05, 4.69) is 13.8 Å². The zero-order chi connectivity index (χ0) is 14.2. The summed E-state index contributed by atoms with van der Waals surface area (Å²) in [4.78, 5) is 11.4. The minimum atomic E-state index is -0.819. The third-order valence-electron chi connectivity index (χ3n) is 4.07. The van der Waals surface area contributed by atoms with Crippen molar-refractivity contribution in [3.63, 3.8) is 0 Å². The summed E-state index contributed by atoms with van der Waals surface area (Å²) in [6.45, 7) is 4.23. The van der Waals surface area contributed by atoms with Gasteiger partial charge < -0.3 is 5.11 Å². The van der Waals surface area contributed by atoms with Gasteiger partial charge >= 0.3 is 5.97 Å². The van der Waals surface area contributed by atoms with Crippen LogP contribution in [0, 0.1) is 17.2 Å². The molecule has 4 heteroatoms. The molecule has 1 aromatic carbocycles. The normalized spacial score (nSPS) is 26.1. The second-order valence-corrected chi connectivity index (χ2v) is 6.53. The van der Waals surface area contributed by atoms with Gasteiger partial charge in [-0.2, -0.15) is 0 Å². The van der Waals surface area contributed by atoms with E-state index in [1.165, 1.54) is 18.2 Å². The highest BCUT2D eigenvalue weighted by Gasteiger charge is 2.40. The highest BCUT2D eigenvalue weighted by Crippen LogP contribution is 2.48. The van der Waals surface area contributed by atoms with Crippen LogP contribution in [0.2, 0.25) is 5.02 Å². The summed E-state index contributed by atoms with van der Waals surface area (Å²) in [5, 5.41) is 9.82. The van der Waals surface area contributed by atoms with Crippen LogP contribution >= 0.6 is 11.6 Å². The van der Waals surface area contributed by atoms with Crippen molar-refractivity contribution in [1.82, 2.24) is 0 Å². The van der Waals surface area contributed by atoms with Crippen LogP contribution in [0.4, 0.5) is 4.39 Å². The number of carboxylic acid groups (broad SMARTS) is 1. The molecule has 0 saturated heterocycles. The van der Waals surface area contributed by atoms with Crippen LogP contribution in [0.3, 0.4) is 0 Å². The summed E-state index contributed by atoms with van der Waals surface area (Å²) in [7, 11) is 0. The fourth-order valence-electron chi connectivity index (χ4n) is 3.01. The zero-order valence-corrected chi connectivity index (χ0v) is 11.9. The molecule has 2 rings (SSSR count). The predicted octanol–water partition coefficient (Wildman–Crippen LogP) is 4.47. The molecule has 0 radical (unpaired) electrons. The molecule has 0 aliphatic heterocycles. The summed E-state index contributed by atoms with van der Waals surface area (Å²) in [5.74, 6) is -1.88. The van der Waals surface area contributed by atoms with Gasteiger partial charge in [0.1, 0.15) is 5.82 Å². The van der Waals surface area contributed by atoms with E-state index in [1.807, 2.05) is 0 Å². The van der Waals surface area contributed by atoms with Crippen molar-refractivity contribution in [2.45, 2.75) is 39.0 Å². The molecule has 0 aromatic heterocycles. The molecule has 1 aliphatic rings. The summed E-state index contributed by atoms with van der Waals surface area (Å²) >= 11 is 6.13. The number of hydrogen-bond donors (Lipinski definition) is 1. The van der Waals surface area contributed by atoms with Crippen molar-refractivity contribution < 1.29 is 14.3 Å². The Hall–Kier alpha value is -1.09. The number of rotatable bonds is 2. The molecule has 0 bridgehead atoms. The van der Waals surface area contributed by atoms with Crippen LogP contribution in [0.15, 0.2) is 18.2 Å². The van der Waals surface area contributed by atoms with Crippen LogP contribution in [-0.2, 0) is 4.79 Å². The third-order valence-corrected chi connectivity index (χ3v) is 4.41. The van der Waals surface area contributed by atoms with Crippen molar-refractivity contribution in [2.24, 2.45) is 11.3 Å². The first kappa shape index (κ1) is 14.3. The van der Waals surface area contributed by atoms with Crippen LogP contribution in [0.5, 0.6) is 0 Å². The summed E-state index contributed by atoms with van der Waals surface area (Å²) in [5.41, 5.74) is 0.688. The van der Waals surface area contributed by atoms with Gasteiger partial charge in [-0.05, 0) is 54.4 Å². The van der Waals surface area contributed by atoms with Gasteiger partial charge in [0.05, 0.1) is 5.92 Å². The lowest BCUT2D eigenvalue weighted by atomic mass is 9.65. The number of benzene rings is 1. The number of carboxylic acids is 1. The minimum absolute atomic E-state index is 0.0618. The second-order valence-electron chi connectivity index (χ2n) is 6.12. The molecular weight excluding hydrogens is 267 g/mol. The minimum Gasteiger partial charge on any atom is -0.481 e. The maximum Gasteiger partial charge on any atom is 0.307 e. The van der Waals surface area contributed by atoms with Gasteiger partial charge in [0, 0.05) is 5.02 Å². The first-order chi connectivity index (χ1) is 8.80. The predicted molar refractivity (Wildman–Crippen MR) is 72.9 cm³/mol. The zero-order valence-electron chi connectivity index (χ0n) is 11.1. The second kappa shape index (κ2) is 5.12. The summed E-state index contributed by atoms with van der Waals surface area (Å²) < 4.78 is 13.4. The van der Waals surface area contributed by atoms with Crippen molar-refractivity contribution in [3.05, 3.63) is 34.6 Å². The van der Waals surface area contributed by atoms with E-state index in [9.17, 15) is 14.3 Å². The Balaban J connectivity index is 2.41. The van der Waals surface area contributed by atoms with Crippen LogP contribution in [0.1, 0.15) is 44.6 Å². The summed E-state index contributed by atoms with van der Waals surface area (Å²) in [6, 6.07) is 4.19. The average Bonchev–Trinajstić information content (AvgIpc) is 2.30. The highest BCUT2D eigenvalue weighted by molar-refractivity contribution is 6.31. The summed E-state index contributed by atoms with van der Waals surface area (Å²) in [6.07, 6.45) is 2.19. The standard InChI is InChI=1S/C15H18ClFO2/c1-15(2)6-5-10(14(18)19)12(8-15)11-7-9(17)3-4-13(11)16/h3-4,7,10,12H,5-6,8H2,1-2H3,(H,18,19). The van der Waals surface area contributed by atoms with E-state index in [4.69, 9.17) is 11.6 Å². The maximum absolute atomic E-state index is 13.4. The van der Waals surface area contributed by atoms with Gasteiger partial charge in [-0.25, -0.2) is 4.39 Å². The Labute approximate surface area is 117 Å². The molecule has 0 amide bonds. The molecule has 1 aromatic rings. The Bertz CT molecular complexity index is 499. The Morgan fingerprint density at radius 3 is 2.79 bits per heavy atom. The fourth-order valence-corrected chi connectivity index (χ4v) is 3.27. The highest BCUT2D eigenvalue weighted by atomic mass is 35.5. The van der Waals surface area contributed by atoms with Crippen LogP contribution < -0.4 is 0 Å². The van der Waals surface area contributed by atoms with Gasteiger partial charge in [0.15, 0.2) is 0 Å². The van der Waals surface area contributed by atoms with Gasteiger partial charge in [0.25, 0.3) is 0 Å². The smallest absolute Gasteiger partial charge is 0.307 e. The van der Waals surface area contributed by atoms with E-state index in [0.717, 1.165) is 6.42 Å². The lowest BCUT2D eigenvalue weighted by molar-refractivity contribution is -0.144. The van der Waals surface area contributed by atoms with Crippen LogP contribution in [0.25, 0.3) is 0 Å². The molecule has 2 atom stereocenters. The van der Waals surface area contributed by atoms with E-state index < -0.39 is 11.9 Å². The SMILES string of the molecule is CC1(C)CCC(C(=O)O)C(c2cc(F)ccc2Cl)C1. The maximum atomic E-state index is 13.4. The molecule has 1 N–H and O–H groups in total. The first-order valence-corrected chi connectivity index (χ1v) is 6.86. The molecule has 0 spiro atoms. The number of carbonyl (C=O) groups is 1. The number of aliphatic carboxylic acids is 1. The molecule has 104 valence electrons. The topological polar surface area (TPSA) is 37.3 Å². The van der Waals surface area contributed by atoms with Gasteiger partial charge in [-0.15, -0.1) is 0 Å².